The molecule has 0 amide bonds. The second-order valence-corrected chi connectivity index (χ2v) is 4.71. The van der Waals surface area contributed by atoms with E-state index in [1.165, 1.54) is 0 Å². The van der Waals surface area contributed by atoms with Crippen molar-refractivity contribution in [3.05, 3.63) is 12.5 Å². The van der Waals surface area contributed by atoms with Gasteiger partial charge in [-0.25, -0.2) is 9.97 Å². The molecular weight excluding hydrogens is 230 g/mol. The Balaban J connectivity index is 1.85. The molecule has 0 unspecified atom stereocenters. The van der Waals surface area contributed by atoms with Crippen LogP contribution in [0.3, 0.4) is 0 Å². The second-order valence-electron chi connectivity index (χ2n) is 4.71. The molecule has 2 aromatic rings. The van der Waals surface area contributed by atoms with Gasteiger partial charge in [0.05, 0.1) is 23.7 Å². The van der Waals surface area contributed by atoms with Crippen LogP contribution in [0.2, 0.25) is 0 Å². The number of fused-ring (bicyclic) bond motifs is 1. The number of anilines is 1. The van der Waals surface area contributed by atoms with E-state index >= 15 is 0 Å². The van der Waals surface area contributed by atoms with E-state index in [2.05, 4.69) is 27.3 Å². The molecule has 0 saturated carbocycles. The summed E-state index contributed by atoms with van der Waals surface area (Å²) in [7, 11) is 1.88. The van der Waals surface area contributed by atoms with E-state index < -0.39 is 0 Å². The topological polar surface area (TPSA) is 64.9 Å². The fraction of sp³-hybridized carbons (Fsp3) is 0.583. The Labute approximate surface area is 105 Å². The molecule has 1 aliphatic rings. The lowest BCUT2D eigenvalue weighted by Gasteiger charge is -2.20. The van der Waals surface area contributed by atoms with Crippen LogP contribution < -0.4 is 5.32 Å². The van der Waals surface area contributed by atoms with Crippen LogP contribution in [0.25, 0.3) is 11.0 Å². The maximum absolute atomic E-state index is 5.68. The molecule has 96 valence electrons. The van der Waals surface area contributed by atoms with Crippen LogP contribution in [0.1, 0.15) is 19.8 Å². The van der Waals surface area contributed by atoms with Gasteiger partial charge in [-0.2, -0.15) is 5.10 Å². The normalized spacial score (nSPS) is 21.3. The minimum absolute atomic E-state index is 0.241. The first-order valence-corrected chi connectivity index (χ1v) is 6.26. The monoisotopic (exact) mass is 247 g/mol. The Morgan fingerprint density at radius 2 is 2.39 bits per heavy atom. The Kier molecular flexibility index (Phi) is 2.87. The van der Waals surface area contributed by atoms with Crippen molar-refractivity contribution in [3.63, 3.8) is 0 Å². The van der Waals surface area contributed by atoms with Gasteiger partial charge in [0.15, 0.2) is 5.65 Å². The maximum atomic E-state index is 5.68. The fourth-order valence-corrected chi connectivity index (χ4v) is 2.38. The third kappa shape index (κ3) is 1.92. The zero-order chi connectivity index (χ0) is 12.5. The van der Waals surface area contributed by atoms with Gasteiger partial charge in [-0.15, -0.1) is 0 Å². The molecule has 6 heteroatoms. The molecular formula is C12H17N5O. The molecule has 6 nitrogen and oxygen atoms in total. The standard InChI is InChI=1S/C12H17N5O/c1-8(10-4-3-5-18-10)16-11-9-6-15-17(2)12(9)14-7-13-11/h6-8,10H,3-5H2,1-2H3,(H,13,14,16)/t8-,10+/m0/s1. The molecule has 0 radical (unpaired) electrons. The van der Waals surface area contributed by atoms with E-state index in [9.17, 15) is 0 Å². The van der Waals surface area contributed by atoms with E-state index in [0.29, 0.717) is 0 Å². The molecule has 1 aliphatic heterocycles. The number of aromatic nitrogens is 4. The average Bonchev–Trinajstić information content (AvgIpc) is 3.00. The summed E-state index contributed by atoms with van der Waals surface area (Å²) in [4.78, 5) is 8.52. The lowest BCUT2D eigenvalue weighted by atomic mass is 10.1. The van der Waals surface area contributed by atoms with Crippen LogP contribution in [-0.2, 0) is 11.8 Å². The summed E-state index contributed by atoms with van der Waals surface area (Å²) in [6.07, 6.45) is 5.87. The van der Waals surface area contributed by atoms with Gasteiger partial charge in [0.1, 0.15) is 12.1 Å². The summed E-state index contributed by atoms with van der Waals surface area (Å²) in [5.41, 5.74) is 0.840. The third-order valence-corrected chi connectivity index (χ3v) is 3.42. The summed E-state index contributed by atoms with van der Waals surface area (Å²) in [5.74, 6) is 0.830. The number of ether oxygens (including phenoxy) is 1. The minimum Gasteiger partial charge on any atom is -0.376 e. The van der Waals surface area contributed by atoms with Gasteiger partial charge in [-0.1, -0.05) is 0 Å². The number of nitrogens with zero attached hydrogens (tertiary/aromatic N) is 4. The largest absolute Gasteiger partial charge is 0.376 e. The van der Waals surface area contributed by atoms with E-state index in [-0.39, 0.29) is 12.1 Å². The number of rotatable bonds is 3. The zero-order valence-electron chi connectivity index (χ0n) is 10.6. The van der Waals surface area contributed by atoms with Gasteiger partial charge in [-0.3, -0.25) is 4.68 Å². The highest BCUT2D eigenvalue weighted by atomic mass is 16.5. The van der Waals surface area contributed by atoms with Crippen molar-refractivity contribution in [2.24, 2.45) is 7.05 Å². The number of hydrogen-bond acceptors (Lipinski definition) is 5. The van der Waals surface area contributed by atoms with Crippen LogP contribution in [0.15, 0.2) is 12.5 Å². The minimum atomic E-state index is 0.241. The third-order valence-electron chi connectivity index (χ3n) is 3.42. The molecule has 18 heavy (non-hydrogen) atoms. The molecule has 1 N–H and O–H groups in total. The van der Waals surface area contributed by atoms with Crippen molar-refractivity contribution in [2.45, 2.75) is 31.9 Å². The molecule has 0 bridgehead atoms. The van der Waals surface area contributed by atoms with Crippen molar-refractivity contribution in [1.82, 2.24) is 19.7 Å². The van der Waals surface area contributed by atoms with Crippen molar-refractivity contribution < 1.29 is 4.74 Å². The SMILES string of the molecule is C[C@H](Nc1ncnc2c1cnn2C)[C@H]1CCCO1. The zero-order valence-corrected chi connectivity index (χ0v) is 10.6. The van der Waals surface area contributed by atoms with Gasteiger partial charge >= 0.3 is 0 Å². The molecule has 3 heterocycles. The van der Waals surface area contributed by atoms with E-state index in [1.807, 2.05) is 7.05 Å². The Morgan fingerprint density at radius 3 is 3.17 bits per heavy atom. The van der Waals surface area contributed by atoms with Crippen LogP contribution in [0.5, 0.6) is 0 Å². The molecule has 0 aromatic carbocycles. The average molecular weight is 247 g/mol. The van der Waals surface area contributed by atoms with Crippen LogP contribution in [0, 0.1) is 0 Å². The van der Waals surface area contributed by atoms with Crippen LogP contribution >= 0.6 is 0 Å². The fourth-order valence-electron chi connectivity index (χ4n) is 2.38. The molecule has 3 rings (SSSR count). The maximum Gasteiger partial charge on any atom is 0.163 e. The predicted molar refractivity (Wildman–Crippen MR) is 68.4 cm³/mol. The van der Waals surface area contributed by atoms with E-state index in [1.54, 1.807) is 17.2 Å². The molecule has 1 saturated heterocycles. The quantitative estimate of drug-likeness (QED) is 0.886. The number of nitrogens with one attached hydrogen (secondary N) is 1. The van der Waals surface area contributed by atoms with Gasteiger partial charge < -0.3 is 10.1 Å². The first-order chi connectivity index (χ1) is 8.75. The molecule has 2 aromatic heterocycles. The van der Waals surface area contributed by atoms with Crippen molar-refractivity contribution in [1.29, 1.82) is 0 Å². The lowest BCUT2D eigenvalue weighted by Crippen LogP contribution is -2.30. The second kappa shape index (κ2) is 4.53. The summed E-state index contributed by atoms with van der Waals surface area (Å²) in [6, 6.07) is 0.241. The van der Waals surface area contributed by atoms with E-state index in [0.717, 1.165) is 36.3 Å². The summed E-state index contributed by atoms with van der Waals surface area (Å²) < 4.78 is 7.43. The van der Waals surface area contributed by atoms with Crippen molar-refractivity contribution in [2.75, 3.05) is 11.9 Å². The van der Waals surface area contributed by atoms with Gasteiger partial charge in [0, 0.05) is 13.7 Å². The Bertz CT molecular complexity index is 546. The molecule has 2 atom stereocenters. The summed E-state index contributed by atoms with van der Waals surface area (Å²) >= 11 is 0. The molecule has 1 fully saturated rings. The Morgan fingerprint density at radius 1 is 1.50 bits per heavy atom. The summed E-state index contributed by atoms with van der Waals surface area (Å²) in [6.45, 7) is 2.99. The molecule has 0 spiro atoms. The summed E-state index contributed by atoms with van der Waals surface area (Å²) in [5, 5.41) is 8.56. The highest BCUT2D eigenvalue weighted by Crippen LogP contribution is 2.22. The number of hydrogen-bond donors (Lipinski definition) is 1. The highest BCUT2D eigenvalue weighted by Gasteiger charge is 2.23. The van der Waals surface area contributed by atoms with Crippen LogP contribution in [0.4, 0.5) is 5.82 Å². The van der Waals surface area contributed by atoms with Crippen LogP contribution in [-0.4, -0.2) is 38.5 Å². The van der Waals surface area contributed by atoms with Gasteiger partial charge in [-0.05, 0) is 19.8 Å². The van der Waals surface area contributed by atoms with Crippen molar-refractivity contribution >= 4 is 16.9 Å². The van der Waals surface area contributed by atoms with E-state index in [4.69, 9.17) is 4.74 Å². The molecule has 0 aliphatic carbocycles. The first-order valence-electron chi connectivity index (χ1n) is 6.26. The highest BCUT2D eigenvalue weighted by molar-refractivity contribution is 5.86. The Hall–Kier alpha value is -1.69. The number of aryl methyl sites for hydroxylation is 1. The smallest absolute Gasteiger partial charge is 0.163 e. The predicted octanol–water partition coefficient (Wildman–Crippen LogP) is 1.34. The van der Waals surface area contributed by atoms with Gasteiger partial charge in [0.2, 0.25) is 0 Å². The first kappa shape index (κ1) is 11.4. The van der Waals surface area contributed by atoms with Gasteiger partial charge in [0.25, 0.3) is 0 Å². The van der Waals surface area contributed by atoms with Crippen molar-refractivity contribution in [3.8, 4) is 0 Å². The lowest BCUT2D eigenvalue weighted by molar-refractivity contribution is 0.0996.